The van der Waals surface area contributed by atoms with Gasteiger partial charge in [-0.3, -0.25) is 0 Å². The number of hydrogen-bond donors (Lipinski definition) is 0. The highest BCUT2D eigenvalue weighted by atomic mass is 16.5. The van der Waals surface area contributed by atoms with Crippen LogP contribution in [0, 0.1) is 6.92 Å². The van der Waals surface area contributed by atoms with Gasteiger partial charge in [-0.25, -0.2) is 0 Å². The average Bonchev–Trinajstić information content (AvgIpc) is 2.74. The van der Waals surface area contributed by atoms with E-state index in [1.165, 1.54) is 22.1 Å². The molecule has 0 amide bonds. The maximum Gasteiger partial charge on any atom is 0.260 e. The van der Waals surface area contributed by atoms with E-state index >= 15 is 0 Å². The number of benzene rings is 4. The predicted octanol–water partition coefficient (Wildman–Crippen LogP) is 4.39. The molecule has 28 heavy (non-hydrogen) atoms. The summed E-state index contributed by atoms with van der Waals surface area (Å²) in [6.07, 6.45) is 0. The van der Waals surface area contributed by atoms with Crippen LogP contribution in [0.15, 0.2) is 84.9 Å². The molecule has 0 fully saturated rings. The summed E-state index contributed by atoms with van der Waals surface area (Å²) in [5, 5.41) is 0. The maximum absolute atomic E-state index is 6.50. The number of para-hydroxylation sites is 2. The van der Waals surface area contributed by atoms with Crippen LogP contribution in [0.3, 0.4) is 0 Å². The summed E-state index contributed by atoms with van der Waals surface area (Å²) in [7, 11) is 0. The Balaban J connectivity index is 1.68. The van der Waals surface area contributed by atoms with E-state index in [0.29, 0.717) is 0 Å². The van der Waals surface area contributed by atoms with E-state index in [2.05, 4.69) is 73.7 Å². The number of ether oxygens (including phenoxy) is 2. The minimum absolute atomic E-state index is 0.115. The Bertz CT molecular complexity index is 1230. The second-order valence-corrected chi connectivity index (χ2v) is 7.38. The van der Waals surface area contributed by atoms with Crippen molar-refractivity contribution in [3.8, 4) is 34.1 Å². The van der Waals surface area contributed by atoms with Gasteiger partial charge < -0.3 is 9.47 Å². The summed E-state index contributed by atoms with van der Waals surface area (Å²) in [5.74, 6) is 3.63. The molecular weight excluding hydrogens is 343 g/mol. The Hall–Kier alpha value is -3.46. The normalized spacial score (nSPS) is 13.0. The molecule has 0 aromatic heterocycles. The Morgan fingerprint density at radius 2 is 1.21 bits per heavy atom. The van der Waals surface area contributed by atoms with Gasteiger partial charge in [0, 0.05) is 11.0 Å². The van der Waals surface area contributed by atoms with Crippen molar-refractivity contribution in [3.63, 3.8) is 0 Å². The first kappa shape index (κ1) is 15.6. The van der Waals surface area contributed by atoms with Gasteiger partial charge in [0.1, 0.15) is 23.0 Å². The molecule has 0 saturated carbocycles. The molecule has 0 unspecified atom stereocenters. The van der Waals surface area contributed by atoms with E-state index in [-0.39, 0.29) is 6.71 Å². The van der Waals surface area contributed by atoms with Crippen LogP contribution in [0.25, 0.3) is 11.1 Å². The molecule has 0 saturated heterocycles. The van der Waals surface area contributed by atoms with Crippen molar-refractivity contribution in [2.45, 2.75) is 6.92 Å². The maximum atomic E-state index is 6.50. The first-order valence-electron chi connectivity index (χ1n) is 9.58. The molecule has 4 aromatic carbocycles. The summed E-state index contributed by atoms with van der Waals surface area (Å²) in [6.45, 7) is 2.26. The van der Waals surface area contributed by atoms with Crippen molar-refractivity contribution in [2.24, 2.45) is 0 Å². The zero-order valence-corrected chi connectivity index (χ0v) is 15.5. The molecule has 3 heteroatoms. The molecular formula is C25H17BO2. The molecule has 0 atom stereocenters. The van der Waals surface area contributed by atoms with Crippen LogP contribution in [0.1, 0.15) is 5.56 Å². The second kappa shape index (κ2) is 5.77. The highest BCUT2D eigenvalue weighted by Crippen LogP contribution is 2.41. The van der Waals surface area contributed by atoms with Gasteiger partial charge in [0.05, 0.1) is 0 Å². The molecule has 0 spiro atoms. The van der Waals surface area contributed by atoms with E-state index in [9.17, 15) is 0 Å². The molecule has 2 nitrogen and oxygen atoms in total. The van der Waals surface area contributed by atoms with Gasteiger partial charge in [0.15, 0.2) is 0 Å². The highest BCUT2D eigenvalue weighted by molar-refractivity contribution is 6.98. The van der Waals surface area contributed by atoms with Crippen molar-refractivity contribution in [3.05, 3.63) is 90.5 Å². The lowest BCUT2D eigenvalue weighted by atomic mass is 9.34. The van der Waals surface area contributed by atoms with Gasteiger partial charge in [-0.15, -0.1) is 0 Å². The molecule has 0 radical (unpaired) electrons. The van der Waals surface area contributed by atoms with Gasteiger partial charge in [-0.05, 0) is 53.2 Å². The predicted molar refractivity (Wildman–Crippen MR) is 114 cm³/mol. The Morgan fingerprint density at radius 1 is 0.571 bits per heavy atom. The Labute approximate surface area is 164 Å². The van der Waals surface area contributed by atoms with Crippen molar-refractivity contribution in [1.29, 1.82) is 0 Å². The van der Waals surface area contributed by atoms with E-state index in [1.54, 1.807) is 0 Å². The molecule has 0 aliphatic carbocycles. The zero-order chi connectivity index (χ0) is 18.7. The lowest BCUT2D eigenvalue weighted by Crippen LogP contribution is -2.57. The monoisotopic (exact) mass is 360 g/mol. The third-order valence-corrected chi connectivity index (χ3v) is 5.77. The van der Waals surface area contributed by atoms with E-state index < -0.39 is 0 Å². The van der Waals surface area contributed by atoms with Gasteiger partial charge >= 0.3 is 0 Å². The molecule has 2 aliphatic rings. The average molecular weight is 360 g/mol. The fraction of sp³-hybridized carbons (Fsp3) is 0.0400. The second-order valence-electron chi connectivity index (χ2n) is 7.38. The van der Waals surface area contributed by atoms with Gasteiger partial charge in [0.2, 0.25) is 0 Å². The van der Waals surface area contributed by atoms with Gasteiger partial charge in [-0.1, -0.05) is 60.7 Å². The largest absolute Gasteiger partial charge is 0.458 e. The number of fused-ring (bicyclic) bond motifs is 4. The van der Waals surface area contributed by atoms with Gasteiger partial charge in [-0.2, -0.15) is 0 Å². The molecule has 2 heterocycles. The summed E-state index contributed by atoms with van der Waals surface area (Å²) >= 11 is 0. The molecule has 2 aliphatic heterocycles. The minimum atomic E-state index is 0.115. The quantitative estimate of drug-likeness (QED) is 0.405. The Kier molecular flexibility index (Phi) is 3.21. The first-order chi connectivity index (χ1) is 13.8. The van der Waals surface area contributed by atoms with Crippen LogP contribution in [0.2, 0.25) is 0 Å². The SMILES string of the molecule is Cc1ccccc1-c1ccc2c3c1Oc1ccccc1B3c1ccccc1O2. The van der Waals surface area contributed by atoms with Crippen molar-refractivity contribution >= 4 is 23.1 Å². The number of aryl methyl sites for hydroxylation is 1. The fourth-order valence-corrected chi connectivity index (χ4v) is 4.47. The van der Waals surface area contributed by atoms with E-state index in [1.807, 2.05) is 18.2 Å². The van der Waals surface area contributed by atoms with E-state index in [4.69, 9.17) is 9.47 Å². The summed E-state index contributed by atoms with van der Waals surface area (Å²) < 4.78 is 12.8. The molecule has 0 bridgehead atoms. The van der Waals surface area contributed by atoms with E-state index in [0.717, 1.165) is 34.0 Å². The third-order valence-electron chi connectivity index (χ3n) is 5.77. The third kappa shape index (κ3) is 2.10. The minimum Gasteiger partial charge on any atom is -0.458 e. The van der Waals surface area contributed by atoms with Crippen LogP contribution in [0.5, 0.6) is 23.0 Å². The van der Waals surface area contributed by atoms with Crippen LogP contribution >= 0.6 is 0 Å². The summed E-state index contributed by atoms with van der Waals surface area (Å²) in [4.78, 5) is 0. The first-order valence-corrected chi connectivity index (χ1v) is 9.58. The topological polar surface area (TPSA) is 18.5 Å². The van der Waals surface area contributed by atoms with Crippen molar-refractivity contribution in [1.82, 2.24) is 0 Å². The van der Waals surface area contributed by atoms with Crippen LogP contribution in [0.4, 0.5) is 0 Å². The molecule has 132 valence electrons. The fourth-order valence-electron chi connectivity index (χ4n) is 4.47. The molecule has 0 N–H and O–H groups in total. The standard InChI is InChI=1S/C25H17BO2/c1-16-8-2-3-9-17(16)18-14-15-23-24-25(18)28-22-13-7-5-11-20(22)26(24)19-10-4-6-12-21(19)27-23/h2-15H,1H3. The van der Waals surface area contributed by atoms with Crippen molar-refractivity contribution in [2.75, 3.05) is 0 Å². The Morgan fingerprint density at radius 3 is 1.96 bits per heavy atom. The zero-order valence-electron chi connectivity index (χ0n) is 15.5. The smallest absolute Gasteiger partial charge is 0.260 e. The summed E-state index contributed by atoms with van der Waals surface area (Å²) in [5.41, 5.74) is 7.03. The molecule has 4 aromatic rings. The number of rotatable bonds is 1. The van der Waals surface area contributed by atoms with Crippen LogP contribution in [-0.2, 0) is 0 Å². The van der Waals surface area contributed by atoms with Crippen molar-refractivity contribution < 1.29 is 9.47 Å². The summed E-state index contributed by atoms with van der Waals surface area (Å²) in [6, 6.07) is 29.3. The lowest BCUT2D eigenvalue weighted by molar-refractivity contribution is 0.465. The van der Waals surface area contributed by atoms with Crippen LogP contribution in [-0.4, -0.2) is 6.71 Å². The lowest BCUT2D eigenvalue weighted by Gasteiger charge is -2.34. The number of hydrogen-bond acceptors (Lipinski definition) is 2. The molecule has 6 rings (SSSR count). The highest BCUT2D eigenvalue weighted by Gasteiger charge is 2.40. The van der Waals surface area contributed by atoms with Crippen LogP contribution < -0.4 is 25.9 Å². The van der Waals surface area contributed by atoms with Gasteiger partial charge in [0.25, 0.3) is 6.71 Å².